The minimum absolute atomic E-state index is 0.0363. The number of ether oxygens (including phenoxy) is 2. The number of thiazole rings is 1. The number of fused-ring (bicyclic) bond motifs is 2. The molecule has 3 heterocycles. The van der Waals surface area contributed by atoms with Crippen molar-refractivity contribution in [1.82, 2.24) is 9.88 Å². The first-order valence-corrected chi connectivity index (χ1v) is 10.6. The molecular formula is C21H19N3O5S. The summed E-state index contributed by atoms with van der Waals surface area (Å²) in [5.41, 5.74) is 0.740. The molecule has 30 heavy (non-hydrogen) atoms. The molecule has 2 aromatic carbocycles. The largest absolute Gasteiger partial charge is 0.486 e. The Morgan fingerprint density at radius 2 is 1.97 bits per heavy atom. The first-order chi connectivity index (χ1) is 14.6. The number of benzene rings is 2. The molecule has 1 aromatic heterocycles. The lowest BCUT2D eigenvalue weighted by Gasteiger charge is -2.32. The second-order valence-electron chi connectivity index (χ2n) is 7.38. The van der Waals surface area contributed by atoms with E-state index in [1.54, 1.807) is 16.2 Å². The lowest BCUT2D eigenvalue weighted by atomic mass is 9.97. The third-order valence-electron chi connectivity index (χ3n) is 5.46. The molecule has 1 amide bonds. The van der Waals surface area contributed by atoms with Crippen LogP contribution in [0, 0.1) is 10.1 Å². The molecule has 0 N–H and O–H groups in total. The van der Waals surface area contributed by atoms with Gasteiger partial charge in [-0.15, -0.1) is 11.3 Å². The lowest BCUT2D eigenvalue weighted by Crippen LogP contribution is -2.39. The maximum Gasteiger partial charge on any atom is 0.286 e. The molecular weight excluding hydrogens is 406 g/mol. The van der Waals surface area contributed by atoms with Crippen LogP contribution in [-0.4, -0.2) is 47.0 Å². The zero-order chi connectivity index (χ0) is 20.7. The fourth-order valence-corrected chi connectivity index (χ4v) is 5.09. The van der Waals surface area contributed by atoms with Crippen LogP contribution in [-0.2, 0) is 0 Å². The maximum atomic E-state index is 13.3. The highest BCUT2D eigenvalue weighted by Crippen LogP contribution is 2.38. The summed E-state index contributed by atoms with van der Waals surface area (Å²) in [5, 5.41) is 12.6. The van der Waals surface area contributed by atoms with Crippen LogP contribution < -0.4 is 9.47 Å². The van der Waals surface area contributed by atoms with Crippen molar-refractivity contribution in [2.24, 2.45) is 0 Å². The number of nitro benzene ring substituents is 1. The van der Waals surface area contributed by atoms with Gasteiger partial charge >= 0.3 is 0 Å². The number of likely N-dealkylation sites (tertiary alicyclic amines) is 1. The smallest absolute Gasteiger partial charge is 0.286 e. The number of carbonyl (C=O) groups is 1. The van der Waals surface area contributed by atoms with Crippen LogP contribution in [0.4, 0.5) is 5.69 Å². The third kappa shape index (κ3) is 3.35. The van der Waals surface area contributed by atoms with Crippen molar-refractivity contribution in [3.63, 3.8) is 0 Å². The van der Waals surface area contributed by atoms with E-state index in [1.807, 2.05) is 24.3 Å². The summed E-state index contributed by atoms with van der Waals surface area (Å²) in [6, 6.07) is 10.7. The average molecular weight is 425 g/mol. The van der Waals surface area contributed by atoms with Gasteiger partial charge in [-0.25, -0.2) is 4.98 Å². The quantitative estimate of drug-likeness (QED) is 0.465. The van der Waals surface area contributed by atoms with E-state index >= 15 is 0 Å². The average Bonchev–Trinajstić information content (AvgIpc) is 3.22. The molecule has 0 bridgehead atoms. The van der Waals surface area contributed by atoms with E-state index in [9.17, 15) is 14.9 Å². The third-order valence-corrected chi connectivity index (χ3v) is 6.65. The summed E-state index contributed by atoms with van der Waals surface area (Å²) < 4.78 is 12.1. The fourth-order valence-electron chi connectivity index (χ4n) is 4.00. The summed E-state index contributed by atoms with van der Waals surface area (Å²) in [5.74, 6) is 0.436. The molecule has 0 unspecified atom stereocenters. The van der Waals surface area contributed by atoms with E-state index in [0.29, 0.717) is 37.8 Å². The van der Waals surface area contributed by atoms with Crippen molar-refractivity contribution in [2.45, 2.75) is 18.8 Å². The number of para-hydroxylation sites is 1. The van der Waals surface area contributed by atoms with Gasteiger partial charge in [0.15, 0.2) is 11.5 Å². The molecule has 1 saturated heterocycles. The van der Waals surface area contributed by atoms with E-state index < -0.39 is 4.92 Å². The topological polar surface area (TPSA) is 94.8 Å². The zero-order valence-electron chi connectivity index (χ0n) is 16.1. The van der Waals surface area contributed by atoms with Crippen LogP contribution >= 0.6 is 11.3 Å². The molecule has 0 saturated carbocycles. The van der Waals surface area contributed by atoms with Gasteiger partial charge in [0.05, 0.1) is 26.2 Å². The molecule has 1 fully saturated rings. The van der Waals surface area contributed by atoms with Crippen LogP contribution in [0.25, 0.3) is 10.2 Å². The van der Waals surface area contributed by atoms with E-state index in [-0.39, 0.29) is 23.1 Å². The minimum atomic E-state index is -0.541. The van der Waals surface area contributed by atoms with Gasteiger partial charge in [0, 0.05) is 25.1 Å². The summed E-state index contributed by atoms with van der Waals surface area (Å²) in [4.78, 5) is 30.8. The molecule has 3 aromatic rings. The molecule has 1 atom stereocenters. The van der Waals surface area contributed by atoms with Crippen LogP contribution in [0.15, 0.2) is 36.4 Å². The van der Waals surface area contributed by atoms with Gasteiger partial charge in [0.2, 0.25) is 0 Å². The SMILES string of the molecule is O=C(c1cc2c(cc1[N+](=O)[O-])OCCO2)N1CCC[C@@H](c2nc3ccccc3s2)C1. The molecule has 2 aliphatic heterocycles. The number of nitro groups is 1. The van der Waals surface area contributed by atoms with E-state index in [1.165, 1.54) is 12.1 Å². The second kappa shape index (κ2) is 7.56. The van der Waals surface area contributed by atoms with Crippen molar-refractivity contribution < 1.29 is 19.2 Å². The van der Waals surface area contributed by atoms with Gasteiger partial charge in [-0.3, -0.25) is 14.9 Å². The lowest BCUT2D eigenvalue weighted by molar-refractivity contribution is -0.385. The van der Waals surface area contributed by atoms with Crippen molar-refractivity contribution in [2.75, 3.05) is 26.3 Å². The maximum absolute atomic E-state index is 13.3. The molecule has 5 rings (SSSR count). The Balaban J connectivity index is 1.44. The van der Waals surface area contributed by atoms with Crippen LogP contribution in [0.5, 0.6) is 11.5 Å². The fraction of sp³-hybridized carbons (Fsp3) is 0.333. The number of amides is 1. The van der Waals surface area contributed by atoms with Crippen LogP contribution in [0.3, 0.4) is 0 Å². The summed E-state index contributed by atoms with van der Waals surface area (Å²) in [7, 11) is 0. The standard InChI is InChI=1S/C21H19N3O5S/c25-21(14-10-17-18(29-9-8-28-17)11-16(14)24(26)27)23-7-3-4-13(12-23)20-22-15-5-1-2-6-19(15)30-20/h1-2,5-6,10-11,13H,3-4,7-9,12H2/t13-/m1/s1. The Labute approximate surface area is 176 Å². The number of piperidine rings is 1. The van der Waals surface area contributed by atoms with Gasteiger partial charge < -0.3 is 14.4 Å². The van der Waals surface area contributed by atoms with Crippen LogP contribution in [0.2, 0.25) is 0 Å². The van der Waals surface area contributed by atoms with Gasteiger partial charge in [0.25, 0.3) is 11.6 Å². The molecule has 0 spiro atoms. The highest BCUT2D eigenvalue weighted by molar-refractivity contribution is 7.18. The first-order valence-electron chi connectivity index (χ1n) is 9.83. The van der Waals surface area contributed by atoms with Gasteiger partial charge in [0.1, 0.15) is 18.8 Å². The Hall–Kier alpha value is -3.20. The highest BCUT2D eigenvalue weighted by atomic mass is 32.1. The Kier molecular flexibility index (Phi) is 4.74. The van der Waals surface area contributed by atoms with Crippen molar-refractivity contribution in [1.29, 1.82) is 0 Å². The Bertz CT molecular complexity index is 1110. The van der Waals surface area contributed by atoms with Crippen LogP contribution in [0.1, 0.15) is 34.1 Å². The number of carbonyl (C=O) groups excluding carboxylic acids is 1. The summed E-state index contributed by atoms with van der Waals surface area (Å²) in [6.07, 6.45) is 1.76. The monoisotopic (exact) mass is 425 g/mol. The molecule has 8 nitrogen and oxygen atoms in total. The molecule has 0 radical (unpaired) electrons. The Morgan fingerprint density at radius 1 is 1.20 bits per heavy atom. The number of hydrogen-bond acceptors (Lipinski definition) is 7. The molecule has 2 aliphatic rings. The van der Waals surface area contributed by atoms with E-state index in [4.69, 9.17) is 14.5 Å². The molecule has 0 aliphatic carbocycles. The summed E-state index contributed by atoms with van der Waals surface area (Å²) >= 11 is 1.65. The van der Waals surface area contributed by atoms with E-state index in [0.717, 1.165) is 28.1 Å². The zero-order valence-corrected chi connectivity index (χ0v) is 16.9. The normalized spacial score (nSPS) is 18.4. The number of aromatic nitrogens is 1. The minimum Gasteiger partial charge on any atom is -0.486 e. The predicted molar refractivity (Wildman–Crippen MR) is 112 cm³/mol. The van der Waals surface area contributed by atoms with Crippen molar-refractivity contribution >= 4 is 33.1 Å². The second-order valence-corrected chi connectivity index (χ2v) is 8.44. The van der Waals surface area contributed by atoms with Crippen molar-refractivity contribution in [3.05, 3.63) is 57.1 Å². The number of nitrogens with zero attached hydrogens (tertiary/aromatic N) is 3. The first kappa shape index (κ1) is 18.8. The van der Waals surface area contributed by atoms with Gasteiger partial charge in [-0.2, -0.15) is 0 Å². The van der Waals surface area contributed by atoms with Crippen molar-refractivity contribution in [3.8, 4) is 11.5 Å². The number of hydrogen-bond donors (Lipinski definition) is 0. The molecule has 9 heteroatoms. The predicted octanol–water partition coefficient (Wildman–Crippen LogP) is 4.00. The molecule has 154 valence electrons. The number of rotatable bonds is 3. The van der Waals surface area contributed by atoms with Gasteiger partial charge in [-0.05, 0) is 25.0 Å². The Morgan fingerprint density at radius 3 is 2.73 bits per heavy atom. The summed E-state index contributed by atoms with van der Waals surface area (Å²) in [6.45, 7) is 1.73. The highest BCUT2D eigenvalue weighted by Gasteiger charge is 2.32. The van der Waals surface area contributed by atoms with E-state index in [2.05, 4.69) is 0 Å². The van der Waals surface area contributed by atoms with Gasteiger partial charge in [-0.1, -0.05) is 12.1 Å².